The molecule has 0 radical (unpaired) electrons. The Morgan fingerprint density at radius 1 is 1.38 bits per heavy atom. The summed E-state index contributed by atoms with van der Waals surface area (Å²) in [6, 6.07) is 1.32. The van der Waals surface area contributed by atoms with Gasteiger partial charge in [-0.25, -0.2) is 0 Å². The standard InChI is InChI=1S/C6H16OSi/c1-5-8(3,4)6-7-2/h5-6H2,1-4H3. The fraction of sp³-hybridized carbons (Fsp3) is 1.00. The van der Waals surface area contributed by atoms with E-state index in [9.17, 15) is 0 Å². The van der Waals surface area contributed by atoms with E-state index in [0.29, 0.717) is 0 Å². The highest BCUT2D eigenvalue weighted by Crippen LogP contribution is 2.06. The SMILES string of the molecule is CC[Si](C)(C)COC. The Labute approximate surface area is 53.1 Å². The van der Waals surface area contributed by atoms with Crippen molar-refractivity contribution in [2.75, 3.05) is 13.3 Å². The number of hydrogen-bond donors (Lipinski definition) is 0. The summed E-state index contributed by atoms with van der Waals surface area (Å²) in [6.45, 7) is 6.93. The molecular weight excluding hydrogens is 116 g/mol. The van der Waals surface area contributed by atoms with Crippen molar-refractivity contribution in [1.82, 2.24) is 0 Å². The van der Waals surface area contributed by atoms with Gasteiger partial charge in [0.25, 0.3) is 0 Å². The zero-order chi connectivity index (χ0) is 6.62. The summed E-state index contributed by atoms with van der Waals surface area (Å²) < 4.78 is 5.06. The number of methoxy groups -OCH3 is 1. The third kappa shape index (κ3) is 3.21. The molecule has 0 aromatic heterocycles. The molecule has 0 aromatic carbocycles. The molecule has 8 heavy (non-hydrogen) atoms. The van der Waals surface area contributed by atoms with Crippen LogP contribution in [0.1, 0.15) is 6.92 Å². The minimum atomic E-state index is -0.899. The highest BCUT2D eigenvalue weighted by Gasteiger charge is 2.16. The minimum Gasteiger partial charge on any atom is -0.388 e. The second kappa shape index (κ2) is 3.25. The zero-order valence-corrected chi connectivity index (χ0v) is 7.32. The van der Waals surface area contributed by atoms with Gasteiger partial charge >= 0.3 is 0 Å². The lowest BCUT2D eigenvalue weighted by Crippen LogP contribution is -2.30. The molecule has 0 aliphatic rings. The molecule has 0 fully saturated rings. The van der Waals surface area contributed by atoms with Gasteiger partial charge in [0.05, 0.1) is 8.07 Å². The van der Waals surface area contributed by atoms with Gasteiger partial charge in [-0.2, -0.15) is 0 Å². The molecule has 0 atom stereocenters. The summed E-state index contributed by atoms with van der Waals surface area (Å²) >= 11 is 0. The van der Waals surface area contributed by atoms with E-state index in [1.807, 2.05) is 0 Å². The maximum absolute atomic E-state index is 5.06. The highest BCUT2D eigenvalue weighted by molar-refractivity contribution is 6.77. The van der Waals surface area contributed by atoms with E-state index in [0.717, 1.165) is 6.23 Å². The number of ether oxygens (including phenoxy) is 1. The van der Waals surface area contributed by atoms with Crippen LogP contribution in [0.3, 0.4) is 0 Å². The maximum atomic E-state index is 5.06. The monoisotopic (exact) mass is 132 g/mol. The summed E-state index contributed by atoms with van der Waals surface area (Å²) in [5.41, 5.74) is 0. The number of hydrogen-bond acceptors (Lipinski definition) is 1. The van der Waals surface area contributed by atoms with E-state index in [2.05, 4.69) is 20.0 Å². The molecular formula is C6H16OSi. The summed E-state index contributed by atoms with van der Waals surface area (Å²) in [5.74, 6) is 0. The largest absolute Gasteiger partial charge is 0.388 e. The summed E-state index contributed by atoms with van der Waals surface area (Å²) in [6.07, 6.45) is 1.00. The van der Waals surface area contributed by atoms with E-state index in [-0.39, 0.29) is 0 Å². The highest BCUT2D eigenvalue weighted by atomic mass is 28.3. The Balaban J connectivity index is 3.37. The molecule has 0 saturated heterocycles. The van der Waals surface area contributed by atoms with Crippen molar-refractivity contribution in [2.45, 2.75) is 26.1 Å². The van der Waals surface area contributed by atoms with Crippen LogP contribution in [-0.2, 0) is 4.74 Å². The van der Waals surface area contributed by atoms with Gasteiger partial charge in [-0.3, -0.25) is 0 Å². The maximum Gasteiger partial charge on any atom is 0.0773 e. The first kappa shape index (κ1) is 8.18. The second-order valence-electron chi connectivity index (χ2n) is 2.95. The Kier molecular flexibility index (Phi) is 3.32. The summed E-state index contributed by atoms with van der Waals surface area (Å²) in [7, 11) is 0.883. The van der Waals surface area contributed by atoms with Crippen LogP contribution in [-0.4, -0.2) is 21.4 Å². The van der Waals surface area contributed by atoms with E-state index < -0.39 is 8.07 Å². The van der Waals surface area contributed by atoms with Crippen LogP contribution in [0.5, 0.6) is 0 Å². The molecule has 0 aromatic rings. The molecule has 0 N–H and O–H groups in total. The van der Waals surface area contributed by atoms with Crippen molar-refractivity contribution < 1.29 is 4.74 Å². The minimum absolute atomic E-state index is 0.899. The normalized spacial score (nSPS) is 12.0. The molecule has 0 amide bonds. The van der Waals surface area contributed by atoms with Crippen LogP contribution in [0, 0.1) is 0 Å². The lowest BCUT2D eigenvalue weighted by atomic mass is 11.0. The van der Waals surface area contributed by atoms with Crippen LogP contribution >= 0.6 is 0 Å². The van der Waals surface area contributed by atoms with Crippen LogP contribution in [0.15, 0.2) is 0 Å². The van der Waals surface area contributed by atoms with Crippen LogP contribution < -0.4 is 0 Å². The lowest BCUT2D eigenvalue weighted by molar-refractivity contribution is 0.246. The molecule has 0 aliphatic carbocycles. The van der Waals surface area contributed by atoms with Crippen molar-refractivity contribution in [3.8, 4) is 0 Å². The Bertz CT molecular complexity index is 61.5. The molecule has 2 heteroatoms. The predicted octanol–water partition coefficient (Wildman–Crippen LogP) is 1.90. The fourth-order valence-corrected chi connectivity index (χ4v) is 1.48. The first-order chi connectivity index (χ1) is 3.62. The van der Waals surface area contributed by atoms with Crippen molar-refractivity contribution in [1.29, 1.82) is 0 Å². The second-order valence-corrected chi connectivity index (χ2v) is 8.27. The average Bonchev–Trinajstić information content (AvgIpc) is 1.67. The molecule has 1 nitrogen and oxygen atoms in total. The van der Waals surface area contributed by atoms with Crippen molar-refractivity contribution in [3.05, 3.63) is 0 Å². The zero-order valence-electron chi connectivity index (χ0n) is 6.32. The van der Waals surface area contributed by atoms with Crippen molar-refractivity contribution >= 4 is 8.07 Å². The van der Waals surface area contributed by atoms with Gasteiger partial charge in [0.2, 0.25) is 0 Å². The fourth-order valence-electron chi connectivity index (χ4n) is 0.493. The quantitative estimate of drug-likeness (QED) is 0.533. The average molecular weight is 132 g/mol. The van der Waals surface area contributed by atoms with Gasteiger partial charge in [-0.1, -0.05) is 26.1 Å². The van der Waals surface area contributed by atoms with Gasteiger partial charge in [-0.15, -0.1) is 0 Å². The van der Waals surface area contributed by atoms with Crippen molar-refractivity contribution in [2.24, 2.45) is 0 Å². The Morgan fingerprint density at radius 2 is 1.88 bits per heavy atom. The van der Waals surface area contributed by atoms with E-state index in [1.54, 1.807) is 7.11 Å². The molecule has 0 heterocycles. The van der Waals surface area contributed by atoms with Gasteiger partial charge in [0, 0.05) is 13.3 Å². The smallest absolute Gasteiger partial charge is 0.0773 e. The topological polar surface area (TPSA) is 9.23 Å². The van der Waals surface area contributed by atoms with Gasteiger partial charge in [0.15, 0.2) is 0 Å². The van der Waals surface area contributed by atoms with Crippen LogP contribution in [0.2, 0.25) is 19.1 Å². The molecule has 50 valence electrons. The van der Waals surface area contributed by atoms with Crippen LogP contribution in [0.4, 0.5) is 0 Å². The lowest BCUT2D eigenvalue weighted by Gasteiger charge is -2.17. The van der Waals surface area contributed by atoms with Crippen LogP contribution in [0.25, 0.3) is 0 Å². The molecule has 0 spiro atoms. The molecule has 0 bridgehead atoms. The third-order valence-electron chi connectivity index (χ3n) is 1.49. The number of rotatable bonds is 3. The molecule has 0 rings (SSSR count). The van der Waals surface area contributed by atoms with E-state index in [1.165, 1.54) is 6.04 Å². The third-order valence-corrected chi connectivity index (χ3v) is 4.48. The first-order valence-corrected chi connectivity index (χ1v) is 6.53. The van der Waals surface area contributed by atoms with E-state index >= 15 is 0 Å². The summed E-state index contributed by atoms with van der Waals surface area (Å²) in [5, 5.41) is 0. The van der Waals surface area contributed by atoms with Gasteiger partial charge in [0.1, 0.15) is 0 Å². The molecule has 0 unspecified atom stereocenters. The first-order valence-electron chi connectivity index (χ1n) is 3.11. The summed E-state index contributed by atoms with van der Waals surface area (Å²) in [4.78, 5) is 0. The Hall–Kier alpha value is 0.177. The van der Waals surface area contributed by atoms with Gasteiger partial charge in [-0.05, 0) is 0 Å². The molecule has 0 aliphatic heterocycles. The predicted molar refractivity (Wildman–Crippen MR) is 39.8 cm³/mol. The van der Waals surface area contributed by atoms with Gasteiger partial charge < -0.3 is 4.74 Å². The Morgan fingerprint density at radius 3 is 2.00 bits per heavy atom. The van der Waals surface area contributed by atoms with Crippen molar-refractivity contribution in [3.63, 3.8) is 0 Å². The van der Waals surface area contributed by atoms with E-state index in [4.69, 9.17) is 4.74 Å². The molecule has 0 saturated carbocycles.